The zero-order valence-electron chi connectivity index (χ0n) is 18.9. The van der Waals surface area contributed by atoms with E-state index in [1.807, 2.05) is 37.3 Å². The first-order valence-corrected chi connectivity index (χ1v) is 13.2. The smallest absolute Gasteiger partial charge is 0.294 e. The highest BCUT2D eigenvalue weighted by molar-refractivity contribution is 7.89. The van der Waals surface area contributed by atoms with Crippen molar-refractivity contribution in [2.75, 3.05) is 26.3 Å². The third-order valence-electron chi connectivity index (χ3n) is 5.71. The minimum Gasteiger partial charge on any atom is -0.379 e. The molecule has 0 unspecified atom stereocenters. The Hall–Kier alpha value is -3.25. The van der Waals surface area contributed by atoms with Gasteiger partial charge in [0.25, 0.3) is 5.56 Å². The second-order valence-corrected chi connectivity index (χ2v) is 11.2. The average molecular weight is 511 g/mol. The Kier molecular flexibility index (Phi) is 6.32. The summed E-state index contributed by atoms with van der Waals surface area (Å²) in [5.74, 6) is -0.427. The number of ether oxygens (including phenoxy) is 1. The number of fused-ring (bicyclic) bond motifs is 1. The van der Waals surface area contributed by atoms with Gasteiger partial charge in [-0.05, 0) is 19.1 Å². The van der Waals surface area contributed by atoms with Gasteiger partial charge in [0, 0.05) is 24.2 Å². The maximum Gasteiger partial charge on any atom is 0.294 e. The SMILES string of the molecule is Cc1nc2c(=O)n(CC(=O)c3cccc(S(=O)(=O)N4CCOCC4)c3)nc(-c3ccccc3)c2s1. The summed E-state index contributed by atoms with van der Waals surface area (Å²) in [6, 6.07) is 15.3. The molecule has 1 saturated heterocycles. The van der Waals surface area contributed by atoms with Crippen molar-refractivity contribution < 1.29 is 17.9 Å². The maximum atomic E-state index is 13.2. The van der Waals surface area contributed by atoms with Crippen LogP contribution in [0.15, 0.2) is 64.3 Å². The lowest BCUT2D eigenvalue weighted by Crippen LogP contribution is -2.40. The lowest BCUT2D eigenvalue weighted by atomic mass is 10.1. The Balaban J connectivity index is 1.50. The van der Waals surface area contributed by atoms with Crippen molar-refractivity contribution in [2.45, 2.75) is 18.4 Å². The van der Waals surface area contributed by atoms with Crippen molar-refractivity contribution in [3.63, 3.8) is 0 Å². The summed E-state index contributed by atoms with van der Waals surface area (Å²) < 4.78 is 34.4. The van der Waals surface area contributed by atoms with Crippen molar-refractivity contribution >= 4 is 37.4 Å². The van der Waals surface area contributed by atoms with Gasteiger partial charge in [0.15, 0.2) is 11.3 Å². The van der Waals surface area contributed by atoms with E-state index < -0.39 is 21.4 Å². The number of hydrogen-bond acceptors (Lipinski definition) is 8. The second kappa shape index (κ2) is 9.42. The van der Waals surface area contributed by atoms with Crippen LogP contribution in [0.25, 0.3) is 21.5 Å². The van der Waals surface area contributed by atoms with E-state index in [9.17, 15) is 18.0 Å². The largest absolute Gasteiger partial charge is 0.379 e. The number of benzene rings is 2. The van der Waals surface area contributed by atoms with Crippen LogP contribution in [0.5, 0.6) is 0 Å². The first-order chi connectivity index (χ1) is 16.8. The number of morpholine rings is 1. The number of sulfonamides is 1. The summed E-state index contributed by atoms with van der Waals surface area (Å²) in [6.07, 6.45) is 0. The number of carbonyl (C=O) groups excluding carboxylic acids is 1. The fraction of sp³-hybridized carbons (Fsp3) is 0.250. The summed E-state index contributed by atoms with van der Waals surface area (Å²) in [6.45, 7) is 2.65. The number of hydrogen-bond donors (Lipinski definition) is 0. The molecule has 0 N–H and O–H groups in total. The number of ketones is 1. The Morgan fingerprint density at radius 3 is 2.57 bits per heavy atom. The van der Waals surface area contributed by atoms with E-state index in [1.54, 1.807) is 0 Å². The number of rotatable bonds is 6. The van der Waals surface area contributed by atoms with Crippen LogP contribution in [0.4, 0.5) is 0 Å². The van der Waals surface area contributed by atoms with Crippen LogP contribution in [0.2, 0.25) is 0 Å². The molecule has 3 heterocycles. The van der Waals surface area contributed by atoms with Gasteiger partial charge in [0.05, 0.1) is 27.8 Å². The van der Waals surface area contributed by atoms with Crippen LogP contribution in [-0.4, -0.2) is 59.6 Å². The lowest BCUT2D eigenvalue weighted by molar-refractivity contribution is 0.0730. The molecule has 0 amide bonds. The highest BCUT2D eigenvalue weighted by Crippen LogP contribution is 2.29. The first kappa shape index (κ1) is 23.5. The van der Waals surface area contributed by atoms with Crippen LogP contribution >= 0.6 is 11.3 Å². The molecule has 2 aromatic heterocycles. The molecule has 180 valence electrons. The molecule has 5 rings (SSSR count). The van der Waals surface area contributed by atoms with Gasteiger partial charge in [0.2, 0.25) is 10.0 Å². The molecule has 1 aliphatic heterocycles. The lowest BCUT2D eigenvalue weighted by Gasteiger charge is -2.26. The Morgan fingerprint density at radius 1 is 1.09 bits per heavy atom. The standard InChI is InChI=1S/C24H22N4O5S2/c1-16-25-22-23(34-16)21(17-6-3-2-4-7-17)26-28(24(22)30)15-20(29)18-8-5-9-19(14-18)35(31,32)27-10-12-33-13-11-27/h2-9,14H,10-13,15H2,1H3. The molecule has 35 heavy (non-hydrogen) atoms. The van der Waals surface area contributed by atoms with Gasteiger partial charge in [-0.2, -0.15) is 9.40 Å². The first-order valence-electron chi connectivity index (χ1n) is 11.0. The number of aryl methyl sites for hydroxylation is 1. The van der Waals surface area contributed by atoms with Gasteiger partial charge < -0.3 is 4.74 Å². The van der Waals surface area contributed by atoms with E-state index in [2.05, 4.69) is 10.1 Å². The van der Waals surface area contributed by atoms with Gasteiger partial charge >= 0.3 is 0 Å². The topological polar surface area (TPSA) is 111 Å². The zero-order valence-corrected chi connectivity index (χ0v) is 20.5. The van der Waals surface area contributed by atoms with E-state index in [0.717, 1.165) is 15.3 Å². The predicted molar refractivity (Wildman–Crippen MR) is 132 cm³/mol. The Labute approximate surface area is 205 Å². The van der Waals surface area contributed by atoms with Crippen molar-refractivity contribution in [2.24, 2.45) is 0 Å². The van der Waals surface area contributed by atoms with Gasteiger partial charge in [-0.1, -0.05) is 42.5 Å². The molecule has 0 radical (unpaired) electrons. The van der Waals surface area contributed by atoms with Crippen molar-refractivity contribution in [1.82, 2.24) is 19.1 Å². The van der Waals surface area contributed by atoms with Gasteiger partial charge in [-0.15, -0.1) is 11.3 Å². The molecule has 0 spiro atoms. The van der Waals surface area contributed by atoms with E-state index >= 15 is 0 Å². The van der Waals surface area contributed by atoms with Crippen molar-refractivity contribution in [3.05, 3.63) is 75.5 Å². The van der Waals surface area contributed by atoms with Crippen LogP contribution in [0.3, 0.4) is 0 Å². The van der Waals surface area contributed by atoms with E-state index in [-0.39, 0.29) is 35.6 Å². The molecular formula is C24H22N4O5S2. The van der Waals surface area contributed by atoms with Gasteiger partial charge in [-0.25, -0.2) is 18.1 Å². The highest BCUT2D eigenvalue weighted by Gasteiger charge is 2.27. The minimum atomic E-state index is -3.76. The molecule has 0 bridgehead atoms. The molecule has 4 aromatic rings. The molecule has 1 aliphatic rings. The summed E-state index contributed by atoms with van der Waals surface area (Å²) in [4.78, 5) is 30.7. The predicted octanol–water partition coefficient (Wildman–Crippen LogP) is 2.73. The van der Waals surface area contributed by atoms with Crippen molar-refractivity contribution in [1.29, 1.82) is 0 Å². The summed E-state index contributed by atoms with van der Waals surface area (Å²) in [5, 5.41) is 5.23. The number of carbonyl (C=O) groups is 1. The number of Topliss-reactive ketones (excluding diaryl/α,β-unsaturated/α-hetero) is 1. The number of thiazole rings is 1. The molecule has 1 fully saturated rings. The molecular weight excluding hydrogens is 488 g/mol. The molecule has 9 nitrogen and oxygen atoms in total. The fourth-order valence-corrected chi connectivity index (χ4v) is 6.32. The number of aromatic nitrogens is 3. The second-order valence-electron chi connectivity index (χ2n) is 8.06. The van der Waals surface area contributed by atoms with Gasteiger partial charge in [-0.3, -0.25) is 9.59 Å². The average Bonchev–Trinajstić information content (AvgIpc) is 3.28. The monoisotopic (exact) mass is 510 g/mol. The number of nitrogens with zero attached hydrogens (tertiary/aromatic N) is 4. The fourth-order valence-electron chi connectivity index (χ4n) is 3.95. The maximum absolute atomic E-state index is 13.2. The van der Waals surface area contributed by atoms with E-state index in [4.69, 9.17) is 4.74 Å². The summed E-state index contributed by atoms with van der Waals surface area (Å²) in [7, 11) is -3.76. The minimum absolute atomic E-state index is 0.0288. The van der Waals surface area contributed by atoms with Crippen molar-refractivity contribution in [3.8, 4) is 11.3 Å². The van der Waals surface area contributed by atoms with Crippen LogP contribution in [0.1, 0.15) is 15.4 Å². The zero-order chi connectivity index (χ0) is 24.6. The molecule has 0 saturated carbocycles. The normalized spacial score (nSPS) is 14.9. The van der Waals surface area contributed by atoms with Crippen LogP contribution in [0, 0.1) is 6.92 Å². The van der Waals surface area contributed by atoms with E-state index in [0.29, 0.717) is 23.6 Å². The van der Waals surface area contributed by atoms with Gasteiger partial charge in [0.1, 0.15) is 12.2 Å². The third-order valence-corrected chi connectivity index (χ3v) is 8.58. The molecule has 0 atom stereocenters. The molecule has 11 heteroatoms. The Morgan fingerprint density at radius 2 is 1.83 bits per heavy atom. The van der Waals surface area contributed by atoms with Crippen LogP contribution in [-0.2, 0) is 21.3 Å². The quantitative estimate of drug-likeness (QED) is 0.367. The van der Waals surface area contributed by atoms with Crippen LogP contribution < -0.4 is 5.56 Å². The van der Waals surface area contributed by atoms with E-state index in [1.165, 1.54) is 39.9 Å². The summed E-state index contributed by atoms with van der Waals surface area (Å²) >= 11 is 1.38. The third kappa shape index (κ3) is 4.55. The molecule has 2 aromatic carbocycles. The highest BCUT2D eigenvalue weighted by atomic mass is 32.2. The summed E-state index contributed by atoms with van der Waals surface area (Å²) in [5.41, 5.74) is 1.36. The molecule has 0 aliphatic carbocycles. The Bertz CT molecular complexity index is 1570.